The van der Waals surface area contributed by atoms with Crippen LogP contribution in [0.3, 0.4) is 0 Å². The number of rotatable bonds is 4. The lowest BCUT2D eigenvalue weighted by atomic mass is 10.1. The Hall–Kier alpha value is -3.07. The number of carbonyl (C=O) groups excluding carboxylic acids is 1. The maximum Gasteiger partial charge on any atom is 0.284 e. The Balaban J connectivity index is 1.80. The van der Waals surface area contributed by atoms with Gasteiger partial charge in [0.05, 0.1) is 23.5 Å². The first kappa shape index (κ1) is 21.2. The van der Waals surface area contributed by atoms with Gasteiger partial charge in [0, 0.05) is 23.7 Å². The van der Waals surface area contributed by atoms with Gasteiger partial charge in [-0.3, -0.25) is 9.59 Å². The summed E-state index contributed by atoms with van der Waals surface area (Å²) in [5.41, 5.74) is 0.308. The van der Waals surface area contributed by atoms with Crippen LogP contribution in [0.25, 0.3) is 16.9 Å². The normalized spacial score (nSPS) is 18.8. The number of nitrogens with one attached hydrogen (secondary N) is 1. The molecule has 0 spiro atoms. The molecule has 9 heteroatoms. The topological polar surface area (TPSA) is 87.5 Å². The summed E-state index contributed by atoms with van der Waals surface area (Å²) in [5.74, 6) is -1.17. The molecule has 1 aromatic heterocycles. The third-order valence-electron chi connectivity index (χ3n) is 5.14. The molecule has 7 nitrogen and oxygen atoms in total. The van der Waals surface area contributed by atoms with Crippen molar-refractivity contribution in [3.63, 3.8) is 0 Å². The molecule has 1 saturated heterocycles. The van der Waals surface area contributed by atoms with Gasteiger partial charge in [-0.1, -0.05) is 29.8 Å². The molecule has 1 fully saturated rings. The van der Waals surface area contributed by atoms with Crippen molar-refractivity contribution in [2.24, 2.45) is 0 Å². The van der Waals surface area contributed by atoms with Crippen molar-refractivity contribution in [3.05, 3.63) is 81.4 Å². The molecule has 2 N–H and O–H groups in total. The Labute approximate surface area is 182 Å². The highest BCUT2D eigenvalue weighted by molar-refractivity contribution is 6.30. The fraction of sp³-hybridized carbons (Fsp3) is 0.227. The van der Waals surface area contributed by atoms with Crippen molar-refractivity contribution in [1.29, 1.82) is 0 Å². The fourth-order valence-electron chi connectivity index (χ4n) is 3.57. The van der Waals surface area contributed by atoms with Crippen LogP contribution in [-0.2, 0) is 0 Å². The van der Waals surface area contributed by atoms with Gasteiger partial charge in [0.1, 0.15) is 11.4 Å². The molecule has 3 aromatic rings. The predicted molar refractivity (Wildman–Crippen MR) is 115 cm³/mol. The number of hydrogen-bond donors (Lipinski definition) is 2. The molecule has 2 atom stereocenters. The molecule has 160 valence electrons. The molecule has 2 aromatic carbocycles. The molecule has 31 heavy (non-hydrogen) atoms. The van der Waals surface area contributed by atoms with Gasteiger partial charge in [-0.15, -0.1) is 0 Å². The zero-order valence-corrected chi connectivity index (χ0v) is 17.4. The van der Waals surface area contributed by atoms with Gasteiger partial charge in [-0.25, -0.2) is 4.39 Å². The summed E-state index contributed by atoms with van der Waals surface area (Å²) < 4.78 is 14.8. The second kappa shape index (κ2) is 8.58. The third-order valence-corrected chi connectivity index (χ3v) is 5.39. The van der Waals surface area contributed by atoms with Gasteiger partial charge in [0.2, 0.25) is 0 Å². The van der Waals surface area contributed by atoms with Crippen LogP contribution in [0.15, 0.2) is 59.4 Å². The van der Waals surface area contributed by atoms with Crippen molar-refractivity contribution in [2.75, 3.05) is 20.1 Å². The summed E-state index contributed by atoms with van der Waals surface area (Å²) in [4.78, 5) is 28.0. The quantitative estimate of drug-likeness (QED) is 0.646. The number of aromatic nitrogens is 2. The van der Waals surface area contributed by atoms with E-state index in [1.54, 1.807) is 24.3 Å². The lowest BCUT2D eigenvalue weighted by molar-refractivity contribution is 0.0886. The van der Waals surface area contributed by atoms with E-state index in [-0.39, 0.29) is 11.3 Å². The van der Waals surface area contributed by atoms with E-state index in [2.05, 4.69) is 10.4 Å². The van der Waals surface area contributed by atoms with E-state index >= 15 is 0 Å². The lowest BCUT2D eigenvalue weighted by Crippen LogP contribution is -2.45. The van der Waals surface area contributed by atoms with Gasteiger partial charge in [-0.2, -0.15) is 9.78 Å². The van der Waals surface area contributed by atoms with Crippen LogP contribution >= 0.6 is 11.6 Å². The smallest absolute Gasteiger partial charge is 0.284 e. The summed E-state index contributed by atoms with van der Waals surface area (Å²) in [6.07, 6.45) is -0.739. The van der Waals surface area contributed by atoms with E-state index in [1.165, 1.54) is 24.3 Å². The SMILES string of the molecule is CN1C[C@@H](O)[C@@H](NC(=O)c2cc(-c3ccc(Cl)cc3)nn(-c3cccc(F)c3)c2=O)C1. The number of aliphatic hydroxyl groups excluding tert-OH is 1. The standard InChI is InChI=1S/C22H20ClFN4O3/c1-27-11-19(20(29)12-27)25-21(30)17-10-18(13-5-7-14(23)8-6-13)26-28(22(17)31)16-4-2-3-15(24)9-16/h2-10,19-20,29H,11-12H2,1H3,(H,25,30)/t19-,20+/m0/s1. The molecule has 4 rings (SSSR count). The van der Waals surface area contributed by atoms with Crippen molar-refractivity contribution in [1.82, 2.24) is 20.0 Å². The Bertz CT molecular complexity index is 1180. The van der Waals surface area contributed by atoms with E-state index < -0.39 is 29.4 Å². The second-order valence-corrected chi connectivity index (χ2v) is 7.95. The van der Waals surface area contributed by atoms with Gasteiger partial charge >= 0.3 is 0 Å². The highest BCUT2D eigenvalue weighted by Gasteiger charge is 2.31. The monoisotopic (exact) mass is 442 g/mol. The minimum absolute atomic E-state index is 0.161. The van der Waals surface area contributed by atoms with Crippen LogP contribution in [0.2, 0.25) is 5.02 Å². The van der Waals surface area contributed by atoms with Gasteiger partial charge < -0.3 is 15.3 Å². The van der Waals surface area contributed by atoms with Crippen molar-refractivity contribution in [3.8, 4) is 16.9 Å². The maximum absolute atomic E-state index is 13.8. The highest BCUT2D eigenvalue weighted by atomic mass is 35.5. The predicted octanol–water partition coefficient (Wildman–Crippen LogP) is 2.10. The van der Waals surface area contributed by atoms with Gasteiger partial charge in [0.15, 0.2) is 0 Å². The minimum Gasteiger partial charge on any atom is -0.390 e. The number of carbonyl (C=O) groups is 1. The van der Waals surface area contributed by atoms with Gasteiger partial charge in [0.25, 0.3) is 11.5 Å². The number of benzene rings is 2. The number of β-amino-alcohol motifs (C(OH)–C–C–N with tert-alkyl or cyclic N) is 1. The summed E-state index contributed by atoms with van der Waals surface area (Å²) in [7, 11) is 1.83. The first-order chi connectivity index (χ1) is 14.8. The Morgan fingerprint density at radius 2 is 1.94 bits per heavy atom. The molecule has 0 saturated carbocycles. The molecular formula is C22H20ClFN4O3. The summed E-state index contributed by atoms with van der Waals surface area (Å²) in [6.45, 7) is 0.880. The number of nitrogens with zero attached hydrogens (tertiary/aromatic N) is 3. The maximum atomic E-state index is 13.8. The van der Waals surface area contributed by atoms with Crippen LogP contribution in [0.1, 0.15) is 10.4 Å². The van der Waals surface area contributed by atoms with E-state index in [4.69, 9.17) is 11.6 Å². The number of amides is 1. The van der Waals surface area contributed by atoms with Crippen LogP contribution in [0.5, 0.6) is 0 Å². The van der Waals surface area contributed by atoms with E-state index in [0.717, 1.165) is 10.7 Å². The Kier molecular flexibility index (Phi) is 5.86. The van der Waals surface area contributed by atoms with Crippen molar-refractivity contribution >= 4 is 17.5 Å². The second-order valence-electron chi connectivity index (χ2n) is 7.52. The van der Waals surface area contributed by atoms with E-state index in [0.29, 0.717) is 29.4 Å². The zero-order valence-electron chi connectivity index (χ0n) is 16.6. The van der Waals surface area contributed by atoms with E-state index in [9.17, 15) is 19.1 Å². The number of likely N-dealkylation sites (tertiary alicyclic amines) is 1. The number of halogens is 2. The fourth-order valence-corrected chi connectivity index (χ4v) is 3.69. The van der Waals surface area contributed by atoms with Crippen LogP contribution in [0.4, 0.5) is 4.39 Å². The summed E-state index contributed by atoms with van der Waals surface area (Å²) in [6, 6.07) is 13.0. The van der Waals surface area contributed by atoms with Crippen LogP contribution in [-0.4, -0.2) is 58.0 Å². The minimum atomic E-state index is -0.739. The molecule has 0 bridgehead atoms. The largest absolute Gasteiger partial charge is 0.390 e. The van der Waals surface area contributed by atoms with Crippen LogP contribution in [0, 0.1) is 5.82 Å². The molecule has 2 heterocycles. The van der Waals surface area contributed by atoms with Crippen molar-refractivity contribution in [2.45, 2.75) is 12.1 Å². The molecular weight excluding hydrogens is 423 g/mol. The Morgan fingerprint density at radius 3 is 2.58 bits per heavy atom. The number of likely N-dealkylation sites (N-methyl/N-ethyl adjacent to an activating group) is 1. The first-order valence-corrected chi connectivity index (χ1v) is 10.0. The number of hydrogen-bond acceptors (Lipinski definition) is 5. The molecule has 0 aliphatic carbocycles. The lowest BCUT2D eigenvalue weighted by Gasteiger charge is -2.16. The summed E-state index contributed by atoms with van der Waals surface area (Å²) in [5, 5.41) is 17.7. The summed E-state index contributed by atoms with van der Waals surface area (Å²) >= 11 is 5.96. The molecule has 1 aliphatic rings. The van der Waals surface area contributed by atoms with Crippen LogP contribution < -0.4 is 10.9 Å². The molecule has 1 amide bonds. The molecule has 0 unspecified atom stereocenters. The number of aliphatic hydroxyl groups is 1. The average molecular weight is 443 g/mol. The molecule has 0 radical (unpaired) electrons. The van der Waals surface area contributed by atoms with Crippen molar-refractivity contribution < 1.29 is 14.3 Å². The first-order valence-electron chi connectivity index (χ1n) is 9.65. The third kappa shape index (κ3) is 4.51. The highest BCUT2D eigenvalue weighted by Crippen LogP contribution is 2.21. The molecule has 1 aliphatic heterocycles. The Morgan fingerprint density at radius 1 is 1.19 bits per heavy atom. The zero-order chi connectivity index (χ0) is 22.1. The van der Waals surface area contributed by atoms with E-state index in [1.807, 2.05) is 11.9 Å². The average Bonchev–Trinajstić information content (AvgIpc) is 3.05. The van der Waals surface area contributed by atoms with Gasteiger partial charge in [-0.05, 0) is 43.4 Å².